The van der Waals surface area contributed by atoms with Crippen molar-refractivity contribution in [1.29, 1.82) is 5.26 Å². The fourth-order valence-corrected chi connectivity index (χ4v) is 2.47. The van der Waals surface area contributed by atoms with Crippen LogP contribution in [-0.4, -0.2) is 10.5 Å². The quantitative estimate of drug-likeness (QED) is 0.829. The zero-order valence-electron chi connectivity index (χ0n) is 10.7. The lowest BCUT2D eigenvalue weighted by atomic mass is 10.2. The van der Waals surface area contributed by atoms with Crippen molar-refractivity contribution in [2.24, 2.45) is 7.05 Å². The average molecular weight is 383 g/mol. The second-order valence-electron chi connectivity index (χ2n) is 4.16. The first-order chi connectivity index (χ1) is 9.54. The van der Waals surface area contributed by atoms with E-state index in [-0.39, 0.29) is 18.3 Å². The van der Waals surface area contributed by atoms with Gasteiger partial charge in [-0.1, -0.05) is 6.07 Å². The molecule has 6 heteroatoms. The number of carbonyl (C=O) groups is 1. The lowest BCUT2D eigenvalue weighted by Gasteiger charge is -2.09. The van der Waals surface area contributed by atoms with Crippen LogP contribution in [0.3, 0.4) is 0 Å². The normalized spacial score (nSPS) is 10.1. The lowest BCUT2D eigenvalue weighted by molar-refractivity contribution is 0.0942. The van der Waals surface area contributed by atoms with Crippen LogP contribution in [0, 0.1) is 20.7 Å². The molecule has 0 saturated carbocycles. The number of carbonyl (C=O) groups excluding carboxylic acids is 1. The standard InChI is InChI=1S/C14H11FIN3O/c1-19-9(7-17)5-6-13(19)14(20)18-8-10-11(15)3-2-4-12(10)16/h2-6H,8H2,1H3,(H,18,20). The minimum absolute atomic E-state index is 0.108. The average Bonchev–Trinajstić information content (AvgIpc) is 2.79. The van der Waals surface area contributed by atoms with Crippen LogP contribution >= 0.6 is 22.6 Å². The molecule has 0 aliphatic rings. The third-order valence-electron chi connectivity index (χ3n) is 2.96. The third-order valence-corrected chi connectivity index (χ3v) is 3.97. The maximum atomic E-state index is 13.6. The Bertz CT molecular complexity index is 683. The van der Waals surface area contributed by atoms with Crippen LogP contribution in [0.4, 0.5) is 4.39 Å². The van der Waals surface area contributed by atoms with Crippen molar-refractivity contribution in [3.05, 3.63) is 56.7 Å². The summed E-state index contributed by atoms with van der Waals surface area (Å²) < 4.78 is 15.9. The van der Waals surface area contributed by atoms with Crippen molar-refractivity contribution in [3.8, 4) is 6.07 Å². The Kier molecular flexibility index (Phi) is 4.39. The Morgan fingerprint density at radius 1 is 1.45 bits per heavy atom. The molecule has 1 heterocycles. The van der Waals surface area contributed by atoms with E-state index in [1.165, 1.54) is 10.6 Å². The third kappa shape index (κ3) is 2.82. The van der Waals surface area contributed by atoms with E-state index in [1.807, 2.05) is 28.7 Å². The molecule has 0 atom stereocenters. The molecule has 0 aliphatic heterocycles. The Morgan fingerprint density at radius 3 is 2.80 bits per heavy atom. The number of nitrogens with one attached hydrogen (secondary N) is 1. The predicted octanol–water partition coefficient (Wildman–Crippen LogP) is 2.57. The molecule has 0 bridgehead atoms. The molecule has 0 radical (unpaired) electrons. The van der Waals surface area contributed by atoms with Gasteiger partial charge in [0.05, 0.1) is 0 Å². The van der Waals surface area contributed by atoms with Crippen LogP contribution in [0.2, 0.25) is 0 Å². The maximum Gasteiger partial charge on any atom is 0.268 e. The van der Waals surface area contributed by atoms with E-state index in [0.29, 0.717) is 17.0 Å². The van der Waals surface area contributed by atoms with Crippen LogP contribution < -0.4 is 5.32 Å². The summed E-state index contributed by atoms with van der Waals surface area (Å²) in [5.41, 5.74) is 1.22. The molecule has 102 valence electrons. The van der Waals surface area contributed by atoms with Gasteiger partial charge in [-0.3, -0.25) is 4.79 Å². The highest BCUT2D eigenvalue weighted by Gasteiger charge is 2.13. The van der Waals surface area contributed by atoms with Crippen molar-refractivity contribution in [2.75, 3.05) is 0 Å². The largest absolute Gasteiger partial charge is 0.347 e. The first-order valence-electron chi connectivity index (χ1n) is 5.81. The number of halogens is 2. The molecule has 2 rings (SSSR count). The van der Waals surface area contributed by atoms with E-state index in [2.05, 4.69) is 5.32 Å². The molecule has 0 aliphatic carbocycles. The van der Waals surface area contributed by atoms with Gasteiger partial charge in [-0.2, -0.15) is 5.26 Å². The number of amides is 1. The van der Waals surface area contributed by atoms with E-state index in [9.17, 15) is 9.18 Å². The van der Waals surface area contributed by atoms with Gasteiger partial charge >= 0.3 is 0 Å². The molecule has 20 heavy (non-hydrogen) atoms. The second-order valence-corrected chi connectivity index (χ2v) is 5.32. The number of nitriles is 1. The van der Waals surface area contributed by atoms with Gasteiger partial charge in [0.1, 0.15) is 23.3 Å². The van der Waals surface area contributed by atoms with Gasteiger partial charge in [0.2, 0.25) is 0 Å². The summed E-state index contributed by atoms with van der Waals surface area (Å²) in [5.74, 6) is -0.685. The van der Waals surface area contributed by atoms with E-state index in [0.717, 1.165) is 3.57 Å². The van der Waals surface area contributed by atoms with Crippen LogP contribution in [0.1, 0.15) is 21.7 Å². The summed E-state index contributed by atoms with van der Waals surface area (Å²) in [4.78, 5) is 12.0. The smallest absolute Gasteiger partial charge is 0.268 e. The Balaban J connectivity index is 2.13. The highest BCUT2D eigenvalue weighted by atomic mass is 127. The lowest BCUT2D eigenvalue weighted by Crippen LogP contribution is -2.26. The molecule has 1 aromatic heterocycles. The molecule has 0 unspecified atom stereocenters. The number of benzene rings is 1. The second kappa shape index (κ2) is 6.05. The Hall–Kier alpha value is -1.88. The molecule has 1 N–H and O–H groups in total. The molecule has 0 saturated heterocycles. The van der Waals surface area contributed by atoms with Crippen molar-refractivity contribution in [1.82, 2.24) is 9.88 Å². The Morgan fingerprint density at radius 2 is 2.20 bits per heavy atom. The van der Waals surface area contributed by atoms with Gasteiger partial charge in [0.15, 0.2) is 0 Å². The van der Waals surface area contributed by atoms with Crippen molar-refractivity contribution >= 4 is 28.5 Å². The van der Waals surface area contributed by atoms with Crippen molar-refractivity contribution in [3.63, 3.8) is 0 Å². The number of hydrogen-bond acceptors (Lipinski definition) is 2. The fourth-order valence-electron chi connectivity index (χ4n) is 1.81. The SMILES string of the molecule is Cn1c(C#N)ccc1C(=O)NCc1c(F)cccc1I. The monoisotopic (exact) mass is 383 g/mol. The number of aromatic nitrogens is 1. The van der Waals surface area contributed by atoms with E-state index in [4.69, 9.17) is 5.26 Å². The van der Waals surface area contributed by atoms with Gasteiger partial charge in [-0.15, -0.1) is 0 Å². The van der Waals surface area contributed by atoms with E-state index in [1.54, 1.807) is 31.3 Å². The van der Waals surface area contributed by atoms with Gasteiger partial charge in [0.25, 0.3) is 5.91 Å². The highest BCUT2D eigenvalue weighted by molar-refractivity contribution is 14.1. The summed E-state index contributed by atoms with van der Waals surface area (Å²) >= 11 is 2.02. The maximum absolute atomic E-state index is 13.6. The highest BCUT2D eigenvalue weighted by Crippen LogP contribution is 2.15. The number of nitrogens with zero attached hydrogens (tertiary/aromatic N) is 2. The summed E-state index contributed by atoms with van der Waals surface area (Å²) in [7, 11) is 1.64. The molecular formula is C14H11FIN3O. The molecular weight excluding hydrogens is 372 g/mol. The van der Waals surface area contributed by atoms with Gasteiger partial charge < -0.3 is 9.88 Å². The van der Waals surface area contributed by atoms with Gasteiger partial charge in [-0.05, 0) is 46.9 Å². The summed E-state index contributed by atoms with van der Waals surface area (Å²) in [6.07, 6.45) is 0. The Labute approximate surface area is 129 Å². The summed E-state index contributed by atoms with van der Waals surface area (Å²) in [5, 5.41) is 11.5. The molecule has 1 aromatic carbocycles. The first kappa shape index (κ1) is 14.5. The van der Waals surface area contributed by atoms with Crippen molar-refractivity contribution in [2.45, 2.75) is 6.54 Å². The molecule has 1 amide bonds. The molecule has 2 aromatic rings. The first-order valence-corrected chi connectivity index (χ1v) is 6.89. The van der Waals surface area contributed by atoms with E-state index >= 15 is 0 Å². The van der Waals surface area contributed by atoms with E-state index < -0.39 is 0 Å². The van der Waals surface area contributed by atoms with Crippen LogP contribution in [0.25, 0.3) is 0 Å². The number of hydrogen-bond donors (Lipinski definition) is 1. The van der Waals surface area contributed by atoms with Crippen LogP contribution in [0.15, 0.2) is 30.3 Å². The minimum Gasteiger partial charge on any atom is -0.347 e. The summed E-state index contributed by atoms with van der Waals surface area (Å²) in [6, 6.07) is 9.89. The van der Waals surface area contributed by atoms with Crippen molar-refractivity contribution < 1.29 is 9.18 Å². The molecule has 0 fully saturated rings. The molecule has 4 nitrogen and oxygen atoms in total. The van der Waals surface area contributed by atoms with Crippen LogP contribution in [-0.2, 0) is 13.6 Å². The number of rotatable bonds is 3. The van der Waals surface area contributed by atoms with Crippen LogP contribution in [0.5, 0.6) is 0 Å². The predicted molar refractivity (Wildman–Crippen MR) is 80.4 cm³/mol. The van der Waals surface area contributed by atoms with Gasteiger partial charge in [0, 0.05) is 22.7 Å². The summed E-state index contributed by atoms with van der Waals surface area (Å²) in [6.45, 7) is 0.108. The zero-order valence-corrected chi connectivity index (χ0v) is 12.8. The topological polar surface area (TPSA) is 57.8 Å². The zero-order chi connectivity index (χ0) is 14.7. The fraction of sp³-hybridized carbons (Fsp3) is 0.143. The molecule has 0 spiro atoms. The minimum atomic E-state index is -0.346. The van der Waals surface area contributed by atoms with Gasteiger partial charge in [-0.25, -0.2) is 4.39 Å².